The molecule has 17 heavy (non-hydrogen) atoms. The number of nitriles is 1. The molecule has 0 aromatic carbocycles. The smallest absolute Gasteiger partial charge is 0.0669 e. The van der Waals surface area contributed by atoms with Gasteiger partial charge in [-0.25, -0.2) is 0 Å². The largest absolute Gasteiger partial charge is 0.313 e. The third-order valence-electron chi connectivity index (χ3n) is 2.91. The Labute approximate surface area is 104 Å². The van der Waals surface area contributed by atoms with E-state index in [9.17, 15) is 0 Å². The Balaban J connectivity index is 2.98. The number of hydrogen-bond donors (Lipinski definition) is 1. The highest BCUT2D eigenvalue weighted by Gasteiger charge is 2.14. The number of aryl methyl sites for hydroxylation is 2. The van der Waals surface area contributed by atoms with Gasteiger partial charge in [0.2, 0.25) is 0 Å². The highest BCUT2D eigenvalue weighted by molar-refractivity contribution is 5.26. The van der Waals surface area contributed by atoms with Crippen molar-refractivity contribution < 1.29 is 0 Å². The summed E-state index contributed by atoms with van der Waals surface area (Å²) in [4.78, 5) is 0. The first-order valence-corrected chi connectivity index (χ1v) is 6.43. The fourth-order valence-electron chi connectivity index (χ4n) is 2.06. The molecule has 0 bridgehead atoms. The van der Waals surface area contributed by atoms with Gasteiger partial charge in [0.15, 0.2) is 0 Å². The van der Waals surface area contributed by atoms with Gasteiger partial charge in [-0.2, -0.15) is 10.4 Å². The van der Waals surface area contributed by atoms with Crippen LogP contribution in [0.3, 0.4) is 0 Å². The lowest BCUT2D eigenvalue weighted by Gasteiger charge is -2.06. The SMILES string of the molecule is CCNCc1c(CC)nn(CCC#N)c1CC. The summed E-state index contributed by atoms with van der Waals surface area (Å²) in [6.07, 6.45) is 2.45. The molecular weight excluding hydrogens is 212 g/mol. The van der Waals surface area contributed by atoms with Crippen molar-refractivity contribution in [1.82, 2.24) is 15.1 Å². The van der Waals surface area contributed by atoms with Gasteiger partial charge in [0.1, 0.15) is 0 Å². The Morgan fingerprint density at radius 3 is 2.59 bits per heavy atom. The van der Waals surface area contributed by atoms with Crippen LogP contribution >= 0.6 is 0 Å². The first-order chi connectivity index (χ1) is 8.28. The second-order valence-electron chi connectivity index (χ2n) is 3.99. The zero-order valence-corrected chi connectivity index (χ0v) is 11.1. The molecule has 4 nitrogen and oxygen atoms in total. The van der Waals surface area contributed by atoms with Crippen molar-refractivity contribution in [2.45, 2.75) is 53.1 Å². The number of rotatable bonds is 7. The van der Waals surface area contributed by atoms with Crippen LogP contribution in [0.4, 0.5) is 0 Å². The molecule has 1 rings (SSSR count). The maximum Gasteiger partial charge on any atom is 0.0669 e. The van der Waals surface area contributed by atoms with Gasteiger partial charge in [0.25, 0.3) is 0 Å². The maximum atomic E-state index is 8.66. The van der Waals surface area contributed by atoms with Crippen LogP contribution in [0, 0.1) is 11.3 Å². The van der Waals surface area contributed by atoms with Gasteiger partial charge >= 0.3 is 0 Å². The molecule has 1 heterocycles. The molecule has 0 saturated carbocycles. The molecule has 1 aromatic rings. The van der Waals surface area contributed by atoms with Crippen molar-refractivity contribution >= 4 is 0 Å². The fourth-order valence-corrected chi connectivity index (χ4v) is 2.06. The predicted octanol–water partition coefficient (Wildman–Crippen LogP) is 2.03. The Hall–Kier alpha value is -1.34. The van der Waals surface area contributed by atoms with E-state index >= 15 is 0 Å². The van der Waals surface area contributed by atoms with E-state index in [1.54, 1.807) is 0 Å². The number of nitrogens with one attached hydrogen (secondary N) is 1. The molecule has 0 saturated heterocycles. The lowest BCUT2D eigenvalue weighted by Crippen LogP contribution is -2.14. The first kappa shape index (κ1) is 13.7. The summed E-state index contributed by atoms with van der Waals surface area (Å²) in [6, 6.07) is 2.18. The van der Waals surface area contributed by atoms with Crippen molar-refractivity contribution in [2.75, 3.05) is 6.54 Å². The average Bonchev–Trinajstić information content (AvgIpc) is 2.70. The fraction of sp³-hybridized carbons (Fsp3) is 0.692. The molecule has 0 aliphatic rings. The quantitative estimate of drug-likeness (QED) is 0.785. The van der Waals surface area contributed by atoms with E-state index in [1.165, 1.54) is 17.0 Å². The summed E-state index contributed by atoms with van der Waals surface area (Å²) in [5.74, 6) is 0. The second kappa shape index (κ2) is 7.08. The van der Waals surface area contributed by atoms with Crippen molar-refractivity contribution in [3.8, 4) is 6.07 Å². The molecule has 0 radical (unpaired) electrons. The number of aromatic nitrogens is 2. The molecule has 94 valence electrons. The van der Waals surface area contributed by atoms with Crippen LogP contribution in [0.15, 0.2) is 0 Å². The molecule has 0 aliphatic carbocycles. The first-order valence-electron chi connectivity index (χ1n) is 6.43. The van der Waals surface area contributed by atoms with E-state index in [4.69, 9.17) is 5.26 Å². The third-order valence-corrected chi connectivity index (χ3v) is 2.91. The van der Waals surface area contributed by atoms with Crippen molar-refractivity contribution in [3.63, 3.8) is 0 Å². The number of nitrogens with zero attached hydrogens (tertiary/aromatic N) is 3. The van der Waals surface area contributed by atoms with Crippen LogP contribution in [-0.4, -0.2) is 16.3 Å². The summed E-state index contributed by atoms with van der Waals surface area (Å²) < 4.78 is 2.01. The topological polar surface area (TPSA) is 53.6 Å². The number of hydrogen-bond acceptors (Lipinski definition) is 3. The van der Waals surface area contributed by atoms with Crippen molar-refractivity contribution in [1.29, 1.82) is 5.26 Å². The lowest BCUT2D eigenvalue weighted by molar-refractivity contribution is 0.589. The zero-order chi connectivity index (χ0) is 12.7. The van der Waals surface area contributed by atoms with E-state index < -0.39 is 0 Å². The maximum absolute atomic E-state index is 8.66. The van der Waals surface area contributed by atoms with Gasteiger partial charge in [-0.3, -0.25) is 4.68 Å². The average molecular weight is 234 g/mol. The van der Waals surface area contributed by atoms with Gasteiger partial charge in [-0.05, 0) is 19.4 Å². The Kier molecular flexibility index (Phi) is 5.71. The zero-order valence-electron chi connectivity index (χ0n) is 11.1. The summed E-state index contributed by atoms with van der Waals surface area (Å²) in [6.45, 7) is 8.95. The monoisotopic (exact) mass is 234 g/mol. The van der Waals surface area contributed by atoms with Crippen LogP contribution in [0.1, 0.15) is 44.1 Å². The van der Waals surface area contributed by atoms with Crippen LogP contribution < -0.4 is 5.32 Å². The van der Waals surface area contributed by atoms with Crippen LogP contribution in [-0.2, 0) is 25.9 Å². The minimum atomic E-state index is 0.526. The van der Waals surface area contributed by atoms with Gasteiger partial charge in [-0.1, -0.05) is 20.8 Å². The lowest BCUT2D eigenvalue weighted by atomic mass is 10.1. The summed E-state index contributed by atoms with van der Waals surface area (Å²) in [5.41, 5.74) is 3.77. The van der Waals surface area contributed by atoms with E-state index in [2.05, 4.69) is 37.3 Å². The van der Waals surface area contributed by atoms with E-state index in [0.29, 0.717) is 13.0 Å². The van der Waals surface area contributed by atoms with Crippen molar-refractivity contribution in [3.05, 3.63) is 17.0 Å². The molecule has 0 unspecified atom stereocenters. The van der Waals surface area contributed by atoms with E-state index in [1.807, 2.05) is 4.68 Å². The van der Waals surface area contributed by atoms with Gasteiger partial charge < -0.3 is 5.32 Å². The highest BCUT2D eigenvalue weighted by atomic mass is 15.3. The standard InChI is InChI=1S/C13H22N4/c1-4-12-11(10-15-6-3)13(5-2)17(16-12)9-7-8-14/h15H,4-7,9-10H2,1-3H3. The molecule has 0 aliphatic heterocycles. The Morgan fingerprint density at radius 2 is 2.06 bits per heavy atom. The van der Waals surface area contributed by atoms with E-state index in [0.717, 1.165) is 25.9 Å². The van der Waals surface area contributed by atoms with Gasteiger partial charge in [-0.15, -0.1) is 0 Å². The molecule has 0 atom stereocenters. The molecule has 0 spiro atoms. The van der Waals surface area contributed by atoms with Gasteiger partial charge in [0, 0.05) is 17.8 Å². The molecule has 0 fully saturated rings. The van der Waals surface area contributed by atoms with E-state index in [-0.39, 0.29) is 0 Å². The Morgan fingerprint density at radius 1 is 1.29 bits per heavy atom. The minimum absolute atomic E-state index is 0.526. The van der Waals surface area contributed by atoms with Gasteiger partial charge in [0.05, 0.1) is 24.7 Å². The summed E-state index contributed by atoms with van der Waals surface area (Å²) >= 11 is 0. The van der Waals surface area contributed by atoms with Crippen LogP contribution in [0.25, 0.3) is 0 Å². The minimum Gasteiger partial charge on any atom is -0.313 e. The molecule has 1 aromatic heterocycles. The second-order valence-corrected chi connectivity index (χ2v) is 3.99. The Bertz CT molecular complexity index is 387. The molecular formula is C13H22N4. The van der Waals surface area contributed by atoms with Crippen molar-refractivity contribution in [2.24, 2.45) is 0 Å². The van der Waals surface area contributed by atoms with Crippen LogP contribution in [0.5, 0.6) is 0 Å². The normalized spacial score (nSPS) is 10.5. The summed E-state index contributed by atoms with van der Waals surface area (Å²) in [7, 11) is 0. The predicted molar refractivity (Wildman–Crippen MR) is 68.6 cm³/mol. The highest BCUT2D eigenvalue weighted by Crippen LogP contribution is 2.16. The molecule has 4 heteroatoms. The molecule has 1 N–H and O–H groups in total. The molecule has 0 amide bonds. The summed E-state index contributed by atoms with van der Waals surface area (Å²) in [5, 5.41) is 16.6. The van der Waals surface area contributed by atoms with Crippen LogP contribution in [0.2, 0.25) is 0 Å². The third kappa shape index (κ3) is 3.31.